The molecule has 0 aliphatic carbocycles. The number of ether oxygens (including phenoxy) is 1. The molecule has 18 heavy (non-hydrogen) atoms. The maximum atomic E-state index is 5.95. The number of anilines is 1. The summed E-state index contributed by atoms with van der Waals surface area (Å²) >= 11 is 6.80. The number of nitrogens with two attached hydrogens (primary N) is 1. The van der Waals surface area contributed by atoms with Gasteiger partial charge in [-0.25, -0.2) is 4.98 Å². The van der Waals surface area contributed by atoms with E-state index >= 15 is 0 Å². The maximum Gasteiger partial charge on any atom is 0.219 e. The average Bonchev–Trinajstić information content (AvgIpc) is 2.28. The van der Waals surface area contributed by atoms with Crippen molar-refractivity contribution in [3.63, 3.8) is 0 Å². The Hall–Kier alpha value is -1.07. The van der Waals surface area contributed by atoms with Crippen LogP contribution in [0.2, 0.25) is 0 Å². The number of nitrogen functional groups attached to an aromatic ring is 1. The number of aryl methyl sites for hydroxylation is 2. The Kier molecular flexibility index (Phi) is 3.92. The fourth-order valence-electron chi connectivity index (χ4n) is 1.57. The van der Waals surface area contributed by atoms with Crippen molar-refractivity contribution in [3.05, 3.63) is 44.5 Å². The first-order valence-electron chi connectivity index (χ1n) is 5.33. The Labute approximate surface area is 123 Å². The van der Waals surface area contributed by atoms with Crippen LogP contribution in [0.3, 0.4) is 0 Å². The molecule has 5 heteroatoms. The molecular weight excluding hydrogens is 360 g/mol. The van der Waals surface area contributed by atoms with Crippen LogP contribution in [-0.4, -0.2) is 4.98 Å². The molecule has 0 aliphatic heterocycles. The number of halogens is 2. The van der Waals surface area contributed by atoms with E-state index in [0.717, 1.165) is 20.1 Å². The molecule has 0 saturated carbocycles. The molecule has 0 bridgehead atoms. The van der Waals surface area contributed by atoms with Crippen LogP contribution in [0.15, 0.2) is 33.3 Å². The first-order chi connectivity index (χ1) is 8.47. The number of nitrogens with zero attached hydrogens (tertiary/aromatic N) is 1. The Morgan fingerprint density at radius 1 is 1.11 bits per heavy atom. The smallest absolute Gasteiger partial charge is 0.219 e. The van der Waals surface area contributed by atoms with Gasteiger partial charge in [-0.2, -0.15) is 0 Å². The van der Waals surface area contributed by atoms with Crippen molar-refractivity contribution >= 4 is 37.5 Å². The molecule has 2 aromatic rings. The number of hydrogen-bond donors (Lipinski definition) is 1. The summed E-state index contributed by atoms with van der Waals surface area (Å²) in [7, 11) is 0. The van der Waals surface area contributed by atoms with E-state index in [-0.39, 0.29) is 0 Å². The Balaban J connectivity index is 2.37. The minimum atomic E-state index is 0.535. The van der Waals surface area contributed by atoms with Gasteiger partial charge in [-0.3, -0.25) is 0 Å². The summed E-state index contributed by atoms with van der Waals surface area (Å²) < 4.78 is 7.64. The van der Waals surface area contributed by atoms with Crippen LogP contribution >= 0.6 is 31.9 Å². The molecule has 0 spiro atoms. The lowest BCUT2D eigenvalue weighted by atomic mass is 10.2. The molecule has 0 atom stereocenters. The van der Waals surface area contributed by atoms with Gasteiger partial charge < -0.3 is 10.5 Å². The van der Waals surface area contributed by atoms with Gasteiger partial charge in [0.1, 0.15) is 0 Å². The molecule has 2 N–H and O–H groups in total. The molecule has 0 aliphatic rings. The molecule has 0 unspecified atom stereocenters. The van der Waals surface area contributed by atoms with E-state index in [2.05, 4.69) is 36.8 Å². The molecule has 94 valence electrons. The van der Waals surface area contributed by atoms with Crippen LogP contribution in [0.4, 0.5) is 5.69 Å². The Bertz CT molecular complexity index is 577. The van der Waals surface area contributed by atoms with Crippen LogP contribution in [0.25, 0.3) is 0 Å². The van der Waals surface area contributed by atoms with E-state index in [0.29, 0.717) is 17.3 Å². The Morgan fingerprint density at radius 2 is 1.83 bits per heavy atom. The minimum Gasteiger partial charge on any atom is -0.437 e. The second kappa shape index (κ2) is 5.28. The van der Waals surface area contributed by atoms with Gasteiger partial charge >= 0.3 is 0 Å². The van der Waals surface area contributed by atoms with E-state index < -0.39 is 0 Å². The van der Waals surface area contributed by atoms with Crippen molar-refractivity contribution in [3.8, 4) is 11.6 Å². The molecule has 1 aromatic carbocycles. The largest absolute Gasteiger partial charge is 0.437 e. The molecule has 3 nitrogen and oxygen atoms in total. The second-order valence-electron chi connectivity index (χ2n) is 4.01. The SMILES string of the molecule is Cc1cc(Oc2c(C)cc(Br)cc2N)ncc1Br. The first kappa shape index (κ1) is 13.4. The van der Waals surface area contributed by atoms with E-state index in [1.54, 1.807) is 6.20 Å². The van der Waals surface area contributed by atoms with E-state index in [9.17, 15) is 0 Å². The van der Waals surface area contributed by atoms with Gasteiger partial charge in [0, 0.05) is 21.2 Å². The van der Waals surface area contributed by atoms with Gasteiger partial charge in [0.15, 0.2) is 5.75 Å². The summed E-state index contributed by atoms with van der Waals surface area (Å²) in [5.41, 5.74) is 8.56. The third-order valence-corrected chi connectivity index (χ3v) is 3.78. The summed E-state index contributed by atoms with van der Waals surface area (Å²) in [6.45, 7) is 3.93. The van der Waals surface area contributed by atoms with E-state index in [1.807, 2.05) is 32.0 Å². The standard InChI is InChI=1S/C13H12Br2N2O/c1-7-4-12(17-6-10(7)15)18-13-8(2)3-9(14)5-11(13)16/h3-6H,16H2,1-2H3. The van der Waals surface area contributed by atoms with Gasteiger partial charge in [0.2, 0.25) is 5.88 Å². The lowest BCUT2D eigenvalue weighted by Gasteiger charge is -2.11. The van der Waals surface area contributed by atoms with Gasteiger partial charge in [-0.05, 0) is 53.0 Å². The molecule has 0 saturated heterocycles. The molecule has 1 heterocycles. The van der Waals surface area contributed by atoms with Crippen LogP contribution in [0.1, 0.15) is 11.1 Å². The predicted molar refractivity (Wildman–Crippen MR) is 80.0 cm³/mol. The Morgan fingerprint density at radius 3 is 2.44 bits per heavy atom. The number of aromatic nitrogens is 1. The van der Waals surface area contributed by atoms with E-state index in [4.69, 9.17) is 10.5 Å². The number of pyridine rings is 1. The van der Waals surface area contributed by atoms with Crippen molar-refractivity contribution in [2.75, 3.05) is 5.73 Å². The van der Waals surface area contributed by atoms with Crippen LogP contribution in [0.5, 0.6) is 11.6 Å². The van der Waals surface area contributed by atoms with Crippen molar-refractivity contribution in [2.24, 2.45) is 0 Å². The minimum absolute atomic E-state index is 0.535. The molecule has 0 radical (unpaired) electrons. The zero-order chi connectivity index (χ0) is 13.3. The summed E-state index contributed by atoms with van der Waals surface area (Å²) in [6.07, 6.45) is 1.72. The second-order valence-corrected chi connectivity index (χ2v) is 5.78. The van der Waals surface area contributed by atoms with Gasteiger partial charge in [-0.15, -0.1) is 0 Å². The van der Waals surface area contributed by atoms with Gasteiger partial charge in [0.25, 0.3) is 0 Å². The lowest BCUT2D eigenvalue weighted by molar-refractivity contribution is 0.461. The van der Waals surface area contributed by atoms with Crippen molar-refractivity contribution in [1.82, 2.24) is 4.98 Å². The predicted octanol–water partition coefficient (Wildman–Crippen LogP) is 4.60. The quantitative estimate of drug-likeness (QED) is 0.785. The molecular formula is C13H12Br2N2O. The lowest BCUT2D eigenvalue weighted by Crippen LogP contribution is -1.96. The highest BCUT2D eigenvalue weighted by Crippen LogP contribution is 2.33. The zero-order valence-corrected chi connectivity index (χ0v) is 13.2. The number of hydrogen-bond acceptors (Lipinski definition) is 3. The molecule has 1 aromatic heterocycles. The molecule has 0 fully saturated rings. The summed E-state index contributed by atoms with van der Waals surface area (Å²) in [6, 6.07) is 5.64. The molecule has 2 rings (SSSR count). The van der Waals surface area contributed by atoms with Crippen molar-refractivity contribution in [2.45, 2.75) is 13.8 Å². The number of benzene rings is 1. The van der Waals surface area contributed by atoms with Crippen LogP contribution in [0, 0.1) is 13.8 Å². The average molecular weight is 372 g/mol. The summed E-state index contributed by atoms with van der Waals surface area (Å²) in [5.74, 6) is 1.18. The normalized spacial score (nSPS) is 10.4. The maximum absolute atomic E-state index is 5.95. The van der Waals surface area contributed by atoms with Crippen LogP contribution < -0.4 is 10.5 Å². The van der Waals surface area contributed by atoms with Gasteiger partial charge in [-0.1, -0.05) is 15.9 Å². The third-order valence-electron chi connectivity index (χ3n) is 2.50. The summed E-state index contributed by atoms with van der Waals surface area (Å²) in [5, 5.41) is 0. The van der Waals surface area contributed by atoms with Gasteiger partial charge in [0.05, 0.1) is 5.69 Å². The highest BCUT2D eigenvalue weighted by atomic mass is 79.9. The zero-order valence-electron chi connectivity index (χ0n) is 10.00. The van der Waals surface area contributed by atoms with E-state index in [1.165, 1.54) is 0 Å². The molecule has 0 amide bonds. The first-order valence-corrected chi connectivity index (χ1v) is 6.91. The summed E-state index contributed by atoms with van der Waals surface area (Å²) in [4.78, 5) is 4.20. The fourth-order valence-corrected chi connectivity index (χ4v) is 2.38. The van der Waals surface area contributed by atoms with Crippen molar-refractivity contribution in [1.29, 1.82) is 0 Å². The number of rotatable bonds is 2. The fraction of sp³-hybridized carbons (Fsp3) is 0.154. The highest BCUT2D eigenvalue weighted by Gasteiger charge is 2.09. The van der Waals surface area contributed by atoms with Crippen LogP contribution in [-0.2, 0) is 0 Å². The topological polar surface area (TPSA) is 48.1 Å². The monoisotopic (exact) mass is 370 g/mol. The third kappa shape index (κ3) is 2.84. The highest BCUT2D eigenvalue weighted by molar-refractivity contribution is 9.10. The van der Waals surface area contributed by atoms with Crippen molar-refractivity contribution < 1.29 is 4.74 Å².